The summed E-state index contributed by atoms with van der Waals surface area (Å²) < 4.78 is 8.95. The van der Waals surface area contributed by atoms with Crippen molar-refractivity contribution in [1.29, 1.82) is 0 Å². The van der Waals surface area contributed by atoms with E-state index in [1.807, 2.05) is 42.5 Å². The van der Waals surface area contributed by atoms with E-state index in [-0.39, 0.29) is 12.1 Å². The van der Waals surface area contributed by atoms with Gasteiger partial charge in [0.2, 0.25) is 0 Å². The maximum absolute atomic E-state index is 12.7. The summed E-state index contributed by atoms with van der Waals surface area (Å²) in [4.78, 5) is 17.0. The molecule has 2 heterocycles. The zero-order chi connectivity index (χ0) is 18.1. The number of hydrogen-bond acceptors (Lipinski definition) is 5. The second-order valence-corrected chi connectivity index (χ2v) is 6.06. The Labute approximate surface area is 153 Å². The average molecular weight is 365 g/mol. The van der Waals surface area contributed by atoms with Crippen LogP contribution in [0.4, 0.5) is 0 Å². The highest BCUT2D eigenvalue weighted by Crippen LogP contribution is 2.17. The monoisotopic (exact) mass is 365 g/mol. The molecule has 4 aromatic rings. The molecule has 0 saturated carbocycles. The van der Waals surface area contributed by atoms with Crippen LogP contribution in [0.5, 0.6) is 5.75 Å². The van der Waals surface area contributed by atoms with Gasteiger partial charge in [-0.2, -0.15) is 5.10 Å². The molecule has 26 heavy (non-hydrogen) atoms. The van der Waals surface area contributed by atoms with Gasteiger partial charge in [0, 0.05) is 5.69 Å². The van der Waals surface area contributed by atoms with Gasteiger partial charge in [-0.1, -0.05) is 12.1 Å². The van der Waals surface area contributed by atoms with Crippen molar-refractivity contribution in [1.82, 2.24) is 24.3 Å². The summed E-state index contributed by atoms with van der Waals surface area (Å²) in [5.41, 5.74) is 1.38. The van der Waals surface area contributed by atoms with E-state index in [0.717, 1.165) is 11.4 Å². The van der Waals surface area contributed by atoms with Gasteiger partial charge in [0.1, 0.15) is 5.75 Å². The van der Waals surface area contributed by atoms with E-state index < -0.39 is 0 Å². The lowest BCUT2D eigenvalue weighted by Crippen LogP contribution is -2.22. The van der Waals surface area contributed by atoms with Gasteiger partial charge in [-0.25, -0.2) is 4.98 Å². The molecule has 0 aliphatic carbocycles. The third-order valence-electron chi connectivity index (χ3n) is 4.12. The highest BCUT2D eigenvalue weighted by Gasteiger charge is 2.11. The number of rotatable bonds is 4. The van der Waals surface area contributed by atoms with E-state index in [1.165, 1.54) is 10.9 Å². The zero-order valence-electron chi connectivity index (χ0n) is 13.9. The van der Waals surface area contributed by atoms with Crippen LogP contribution in [0.3, 0.4) is 0 Å². The molecule has 1 N–H and O–H groups in total. The molecule has 0 amide bonds. The SMILES string of the molecule is COc1ccc(-n2c(Cn3cnc4ccccc4c3=O)n[nH]c2=S)cc1. The molecule has 2 aromatic carbocycles. The molecule has 2 aromatic heterocycles. The molecule has 0 aliphatic rings. The van der Waals surface area contributed by atoms with Crippen molar-refractivity contribution in [3.63, 3.8) is 0 Å². The molecule has 0 fully saturated rings. The lowest BCUT2D eigenvalue weighted by Gasteiger charge is -2.09. The van der Waals surface area contributed by atoms with Crippen LogP contribution in [-0.2, 0) is 6.54 Å². The first kappa shape index (κ1) is 16.2. The number of nitrogens with zero attached hydrogens (tertiary/aromatic N) is 4. The molecule has 0 saturated heterocycles. The van der Waals surface area contributed by atoms with Crippen molar-refractivity contribution in [3.8, 4) is 11.4 Å². The molecular formula is C18H15N5O2S. The minimum absolute atomic E-state index is 0.120. The topological polar surface area (TPSA) is 77.7 Å². The number of nitrogens with one attached hydrogen (secondary N) is 1. The second kappa shape index (κ2) is 6.57. The molecule has 0 unspecified atom stereocenters. The fourth-order valence-electron chi connectivity index (χ4n) is 2.80. The van der Waals surface area contributed by atoms with Crippen LogP contribution in [-0.4, -0.2) is 31.4 Å². The number of H-pyrrole nitrogens is 1. The first-order chi connectivity index (χ1) is 12.7. The quantitative estimate of drug-likeness (QED) is 0.563. The normalized spacial score (nSPS) is 11.0. The number of benzene rings is 2. The van der Waals surface area contributed by atoms with Gasteiger partial charge >= 0.3 is 0 Å². The van der Waals surface area contributed by atoms with Crippen LogP contribution in [0.1, 0.15) is 5.82 Å². The Hall–Kier alpha value is -3.26. The number of aromatic nitrogens is 5. The van der Waals surface area contributed by atoms with Gasteiger partial charge in [-0.05, 0) is 48.6 Å². The summed E-state index contributed by atoms with van der Waals surface area (Å²) in [6.07, 6.45) is 1.53. The van der Waals surface area contributed by atoms with E-state index in [9.17, 15) is 4.79 Å². The van der Waals surface area contributed by atoms with Gasteiger partial charge in [0.05, 0.1) is 30.9 Å². The minimum Gasteiger partial charge on any atom is -0.497 e. The molecule has 4 rings (SSSR count). The lowest BCUT2D eigenvalue weighted by molar-refractivity contribution is 0.414. The molecule has 0 radical (unpaired) electrons. The molecule has 8 heteroatoms. The fourth-order valence-corrected chi connectivity index (χ4v) is 3.06. The summed E-state index contributed by atoms with van der Waals surface area (Å²) in [5, 5.41) is 7.64. The fraction of sp³-hybridized carbons (Fsp3) is 0.111. The highest BCUT2D eigenvalue weighted by molar-refractivity contribution is 7.71. The smallest absolute Gasteiger partial charge is 0.261 e. The predicted octanol–water partition coefficient (Wildman–Crippen LogP) is 2.70. The summed E-state index contributed by atoms with van der Waals surface area (Å²) in [6.45, 7) is 0.246. The number of para-hydroxylation sites is 1. The van der Waals surface area contributed by atoms with Gasteiger partial charge in [-0.15, -0.1) is 0 Å². The number of hydrogen-bond donors (Lipinski definition) is 1. The number of methoxy groups -OCH3 is 1. The second-order valence-electron chi connectivity index (χ2n) is 5.67. The minimum atomic E-state index is -0.120. The maximum Gasteiger partial charge on any atom is 0.261 e. The summed E-state index contributed by atoms with van der Waals surface area (Å²) in [6, 6.07) is 14.7. The Kier molecular flexibility index (Phi) is 4.10. The van der Waals surface area contributed by atoms with Crippen LogP contribution in [0.2, 0.25) is 0 Å². The van der Waals surface area contributed by atoms with Crippen LogP contribution in [0.15, 0.2) is 59.7 Å². The Bertz CT molecular complexity index is 1190. The largest absolute Gasteiger partial charge is 0.497 e. The van der Waals surface area contributed by atoms with E-state index in [1.54, 1.807) is 17.7 Å². The molecule has 0 bridgehead atoms. The number of fused-ring (bicyclic) bond motifs is 1. The van der Waals surface area contributed by atoms with Gasteiger partial charge in [0.25, 0.3) is 5.56 Å². The number of aromatic amines is 1. The van der Waals surface area contributed by atoms with Crippen LogP contribution in [0.25, 0.3) is 16.6 Å². The Morgan fingerprint density at radius 3 is 2.69 bits per heavy atom. The maximum atomic E-state index is 12.7. The van der Waals surface area contributed by atoms with Crippen LogP contribution in [0, 0.1) is 4.77 Å². The first-order valence-electron chi connectivity index (χ1n) is 7.92. The Balaban J connectivity index is 1.77. The summed E-state index contributed by atoms with van der Waals surface area (Å²) >= 11 is 5.35. The third kappa shape index (κ3) is 2.80. The molecule has 130 valence electrons. The van der Waals surface area contributed by atoms with Crippen molar-refractivity contribution in [2.24, 2.45) is 0 Å². The van der Waals surface area contributed by atoms with Crippen molar-refractivity contribution in [3.05, 3.63) is 75.8 Å². The predicted molar refractivity (Wildman–Crippen MR) is 100 cm³/mol. The zero-order valence-corrected chi connectivity index (χ0v) is 14.7. The van der Waals surface area contributed by atoms with Gasteiger partial charge in [0.15, 0.2) is 10.6 Å². The molecule has 0 atom stereocenters. The van der Waals surface area contributed by atoms with Crippen molar-refractivity contribution in [2.45, 2.75) is 6.54 Å². The third-order valence-corrected chi connectivity index (χ3v) is 4.39. The lowest BCUT2D eigenvalue weighted by atomic mass is 10.2. The van der Waals surface area contributed by atoms with Crippen molar-refractivity contribution < 1.29 is 4.74 Å². The van der Waals surface area contributed by atoms with Crippen LogP contribution >= 0.6 is 12.2 Å². The average Bonchev–Trinajstić information content (AvgIpc) is 3.04. The summed E-state index contributed by atoms with van der Waals surface area (Å²) in [7, 11) is 1.61. The van der Waals surface area contributed by atoms with Gasteiger partial charge < -0.3 is 4.74 Å². The van der Waals surface area contributed by atoms with Crippen molar-refractivity contribution in [2.75, 3.05) is 7.11 Å². The molecule has 0 spiro atoms. The number of ether oxygens (including phenoxy) is 1. The van der Waals surface area contributed by atoms with Crippen LogP contribution < -0.4 is 10.3 Å². The van der Waals surface area contributed by atoms with E-state index in [2.05, 4.69) is 15.2 Å². The molecular weight excluding hydrogens is 350 g/mol. The van der Waals surface area contributed by atoms with Crippen molar-refractivity contribution >= 4 is 23.1 Å². The highest BCUT2D eigenvalue weighted by atomic mass is 32.1. The van der Waals surface area contributed by atoms with E-state index in [0.29, 0.717) is 21.5 Å². The van der Waals surface area contributed by atoms with E-state index in [4.69, 9.17) is 17.0 Å². The molecule has 0 aliphatic heterocycles. The summed E-state index contributed by atoms with van der Waals surface area (Å²) in [5.74, 6) is 1.36. The Morgan fingerprint density at radius 2 is 1.92 bits per heavy atom. The Morgan fingerprint density at radius 1 is 1.15 bits per heavy atom. The van der Waals surface area contributed by atoms with E-state index >= 15 is 0 Å². The standard InChI is InChI=1S/C18H15N5O2S/c1-25-13-8-6-12(7-9-13)23-16(20-21-18(23)26)10-22-11-19-15-5-3-2-4-14(15)17(22)24/h2-9,11H,10H2,1H3,(H,21,26). The first-order valence-corrected chi connectivity index (χ1v) is 8.33. The van der Waals surface area contributed by atoms with Gasteiger partial charge in [-0.3, -0.25) is 19.0 Å². The molecule has 7 nitrogen and oxygen atoms in total.